The molecule has 6 heteroatoms. The van der Waals surface area contributed by atoms with Gasteiger partial charge in [-0.2, -0.15) is 0 Å². The van der Waals surface area contributed by atoms with Gasteiger partial charge in [-0.05, 0) is 0 Å². The smallest absolute Gasteiger partial charge is 0.147 e. The molecule has 0 bridgehead atoms. The van der Waals surface area contributed by atoms with E-state index in [2.05, 4.69) is 130 Å². The van der Waals surface area contributed by atoms with Crippen LogP contribution in [-0.2, 0) is 17.4 Å². The standard InChI is InChI=1S/2C16H14N.C6H5.CH3.2ClH.H2Si.Zr/c2*1-11-9-14-12(2)6-7-13(15(14)10-11)16-5-3-4-8-17-16;1-2-4-6-5-3-1;;;;;/h2*3-10H,1-2H3;1-5H;1H3;2*1H;1H2;. The van der Waals surface area contributed by atoms with Gasteiger partial charge in [0, 0.05) is 0 Å². The maximum absolute atomic E-state index is 4.79. The molecule has 0 aliphatic heterocycles. The molecule has 45 heavy (non-hydrogen) atoms. The monoisotopic (exact) mass is 724 g/mol. The van der Waals surface area contributed by atoms with E-state index in [1.807, 2.05) is 24.5 Å². The van der Waals surface area contributed by atoms with Crippen LogP contribution in [0.4, 0.5) is 0 Å². The molecule has 5 aromatic rings. The molecule has 7 rings (SSSR count). The van der Waals surface area contributed by atoms with E-state index in [0.717, 1.165) is 11.4 Å². The molecule has 0 saturated heterocycles. The Labute approximate surface area is 282 Å². The number of nitrogens with zero attached hydrogens (tertiary/aromatic N) is 2. The van der Waals surface area contributed by atoms with E-state index in [1.165, 1.54) is 55.7 Å². The Balaban J connectivity index is 0.00000200. The van der Waals surface area contributed by atoms with Crippen molar-refractivity contribution in [3.63, 3.8) is 0 Å². The van der Waals surface area contributed by atoms with E-state index in [0.29, 0.717) is 7.25 Å². The van der Waals surface area contributed by atoms with Crippen molar-refractivity contribution in [3.8, 4) is 22.5 Å². The molecule has 2 atom stereocenters. The minimum absolute atomic E-state index is 0. The van der Waals surface area contributed by atoms with Gasteiger partial charge < -0.3 is 0 Å². The molecule has 228 valence electrons. The van der Waals surface area contributed by atoms with Crippen molar-refractivity contribution in [1.82, 2.24) is 9.97 Å². The maximum atomic E-state index is 4.79. The summed E-state index contributed by atoms with van der Waals surface area (Å²) >= 11 is -4.18. The molecule has 2 nitrogen and oxygen atoms in total. The summed E-state index contributed by atoms with van der Waals surface area (Å²) < 4.78 is 5.07. The van der Waals surface area contributed by atoms with Crippen LogP contribution in [0, 0.1) is 13.8 Å². The zero-order valence-corrected chi connectivity index (χ0v) is 32.0. The van der Waals surface area contributed by atoms with Crippen LogP contribution in [0.25, 0.3) is 34.7 Å². The van der Waals surface area contributed by atoms with Gasteiger partial charge in [0.15, 0.2) is 0 Å². The van der Waals surface area contributed by atoms with E-state index >= 15 is 0 Å². The second-order valence-corrected chi connectivity index (χ2v) is 39.5. The second-order valence-electron chi connectivity index (χ2n) is 13.2. The summed E-state index contributed by atoms with van der Waals surface area (Å²) in [5, 5.41) is 0. The molecule has 0 radical (unpaired) electrons. The number of allylic oxidation sites excluding steroid dienone is 2. The summed E-state index contributed by atoms with van der Waals surface area (Å²) in [4.78, 5) is 9.58. The normalized spacial score (nSPS) is 16.9. The van der Waals surface area contributed by atoms with Crippen molar-refractivity contribution >= 4 is 47.1 Å². The Morgan fingerprint density at radius 2 is 0.978 bits per heavy atom. The number of fused-ring (bicyclic) bond motifs is 2. The summed E-state index contributed by atoms with van der Waals surface area (Å²) in [7, 11) is 0. The van der Waals surface area contributed by atoms with Gasteiger partial charge in [-0.1, -0.05) is 0 Å². The van der Waals surface area contributed by atoms with Gasteiger partial charge in [-0.25, -0.2) is 0 Å². The molecular formula is C39H40Cl2N2SiZr. The molecule has 3 aromatic carbocycles. The number of rotatable bonds is 5. The average Bonchev–Trinajstić information content (AvgIpc) is 3.58. The van der Waals surface area contributed by atoms with Crippen LogP contribution in [0.3, 0.4) is 0 Å². The van der Waals surface area contributed by atoms with E-state index in [-0.39, 0.29) is 24.8 Å². The number of halogens is 2. The fourth-order valence-corrected chi connectivity index (χ4v) is 34.0. The zero-order valence-electron chi connectivity index (χ0n) is 26.5. The number of pyridine rings is 2. The third-order valence-corrected chi connectivity index (χ3v) is 34.0. The number of aryl methyl sites for hydroxylation is 2. The third kappa shape index (κ3) is 5.10. The van der Waals surface area contributed by atoms with Gasteiger partial charge in [-0.3, -0.25) is 0 Å². The van der Waals surface area contributed by atoms with Crippen molar-refractivity contribution in [3.05, 3.63) is 148 Å². The largest absolute Gasteiger partial charge is 0.147 e. The van der Waals surface area contributed by atoms with Crippen LogP contribution in [0.5, 0.6) is 0 Å². The Morgan fingerprint density at radius 3 is 1.38 bits per heavy atom. The van der Waals surface area contributed by atoms with Gasteiger partial charge in [0.05, 0.1) is 0 Å². The van der Waals surface area contributed by atoms with Crippen LogP contribution in [0.2, 0.25) is 4.63 Å². The molecule has 2 aliphatic rings. The maximum Gasteiger partial charge on any atom is -0.147 e. The quantitative estimate of drug-likeness (QED) is 0.169. The number of hydrogen-bond acceptors (Lipinski definition) is 2. The first-order valence-corrected chi connectivity index (χ1v) is 27.7. The molecule has 0 N–H and O–H groups in total. The first kappa shape index (κ1) is 33.5. The van der Waals surface area contributed by atoms with Crippen LogP contribution in [0.15, 0.2) is 115 Å². The molecule has 0 saturated carbocycles. The Kier molecular flexibility index (Phi) is 9.21. The van der Waals surface area contributed by atoms with Gasteiger partial charge in [0.25, 0.3) is 0 Å². The molecule has 2 aromatic heterocycles. The summed E-state index contributed by atoms with van der Waals surface area (Å²) in [6.45, 7) is 11.8. The van der Waals surface area contributed by atoms with Crippen LogP contribution in [0.1, 0.15) is 54.5 Å². The molecule has 2 unspecified atom stereocenters. The predicted octanol–water partition coefficient (Wildman–Crippen LogP) is 9.50. The number of benzene rings is 3. The molecule has 0 amide bonds. The summed E-state index contributed by atoms with van der Waals surface area (Å²) in [6, 6.07) is 33.3. The van der Waals surface area contributed by atoms with Crippen molar-refractivity contribution < 1.29 is 17.4 Å². The molecule has 0 spiro atoms. The van der Waals surface area contributed by atoms with Gasteiger partial charge in [-0.15, -0.1) is 24.8 Å². The van der Waals surface area contributed by atoms with E-state index in [1.54, 1.807) is 3.27 Å². The van der Waals surface area contributed by atoms with Gasteiger partial charge in [0.1, 0.15) is 0 Å². The van der Waals surface area contributed by atoms with Crippen molar-refractivity contribution in [1.29, 1.82) is 0 Å². The van der Waals surface area contributed by atoms with Crippen LogP contribution < -0.4 is 3.27 Å². The second kappa shape index (κ2) is 12.4. The minimum Gasteiger partial charge on any atom is -0.147 e. The average molecular weight is 727 g/mol. The first-order chi connectivity index (χ1) is 20.7. The fraction of sp³-hybridized carbons (Fsp3) is 0.179. The Hall–Kier alpha value is -2.88. The summed E-state index contributed by atoms with van der Waals surface area (Å²) in [5.41, 5.74) is 16.1. The fourth-order valence-electron chi connectivity index (χ4n) is 8.62. The Bertz CT molecular complexity index is 1920. The minimum atomic E-state index is -4.18. The van der Waals surface area contributed by atoms with E-state index < -0.39 is 17.4 Å². The van der Waals surface area contributed by atoms with Gasteiger partial charge >= 0.3 is 260 Å². The van der Waals surface area contributed by atoms with E-state index in [4.69, 9.17) is 9.97 Å². The molecular weight excluding hydrogens is 687 g/mol. The SMILES string of the molecule is CC1=Cc2c(-c3ccccn3)ccc(C)c2[CH]1[Zr]([CH3])(=[SiH2])([c]1ccccc1)[CH]1C(C)=Cc2c(-c3ccccn3)ccc(C)c21.Cl.Cl. The van der Waals surface area contributed by atoms with Crippen LogP contribution in [-0.4, -0.2) is 16.8 Å². The predicted molar refractivity (Wildman–Crippen MR) is 197 cm³/mol. The topological polar surface area (TPSA) is 25.8 Å². The molecule has 2 aliphatic carbocycles. The molecule has 0 fully saturated rings. The van der Waals surface area contributed by atoms with E-state index in [9.17, 15) is 0 Å². The van der Waals surface area contributed by atoms with Crippen LogP contribution >= 0.6 is 24.8 Å². The summed E-state index contributed by atoms with van der Waals surface area (Å²) in [5.74, 6) is 0. The first-order valence-electron chi connectivity index (χ1n) is 15.3. The van der Waals surface area contributed by atoms with Crippen molar-refractivity contribution in [2.45, 2.75) is 39.6 Å². The number of aromatic nitrogens is 2. The van der Waals surface area contributed by atoms with Gasteiger partial charge in [0.2, 0.25) is 0 Å². The Morgan fingerprint density at radius 1 is 0.556 bits per heavy atom. The molecule has 2 heterocycles. The third-order valence-electron chi connectivity index (χ3n) is 10.3. The zero-order chi connectivity index (χ0) is 30.0. The van der Waals surface area contributed by atoms with Crippen molar-refractivity contribution in [2.75, 3.05) is 0 Å². The number of hydrogen-bond donors (Lipinski definition) is 0. The summed E-state index contributed by atoms with van der Waals surface area (Å²) in [6.07, 6.45) is 8.81. The van der Waals surface area contributed by atoms with Crippen molar-refractivity contribution in [2.24, 2.45) is 0 Å².